The molecule has 1 N–H and O–H groups in total. The molecule has 9 nitrogen and oxygen atoms in total. The van der Waals surface area contributed by atoms with Crippen molar-refractivity contribution >= 4 is 11.9 Å². The number of fused-ring (bicyclic) bond motifs is 1. The maximum absolute atomic E-state index is 12.5. The molecule has 0 radical (unpaired) electrons. The normalized spacial score (nSPS) is 17.0. The van der Waals surface area contributed by atoms with Crippen LogP contribution < -0.4 is 4.74 Å². The van der Waals surface area contributed by atoms with Gasteiger partial charge in [-0.1, -0.05) is 44.2 Å². The monoisotopic (exact) mass is 636 g/mol. The van der Waals surface area contributed by atoms with Gasteiger partial charge in [-0.15, -0.1) is 0 Å². The number of piperidine rings is 1. The second kappa shape index (κ2) is 14.1. The number of pyridine rings is 1. The van der Waals surface area contributed by atoms with Crippen LogP contribution in [0.4, 0.5) is 0 Å². The summed E-state index contributed by atoms with van der Waals surface area (Å²) >= 11 is 0. The summed E-state index contributed by atoms with van der Waals surface area (Å²) in [6.07, 6.45) is 5.59. The van der Waals surface area contributed by atoms with Gasteiger partial charge >= 0.3 is 5.97 Å². The zero-order valence-corrected chi connectivity index (χ0v) is 27.7. The predicted molar refractivity (Wildman–Crippen MR) is 180 cm³/mol. The summed E-state index contributed by atoms with van der Waals surface area (Å²) in [5.74, 6) is 1.33. The van der Waals surface area contributed by atoms with E-state index >= 15 is 0 Å². The molecule has 1 saturated heterocycles. The van der Waals surface area contributed by atoms with Crippen molar-refractivity contribution < 1.29 is 24.2 Å². The Bertz CT molecular complexity index is 1750. The number of likely N-dealkylation sites (tertiary alicyclic amines) is 1. The molecular weight excluding hydrogens is 592 g/mol. The zero-order chi connectivity index (χ0) is 33.1. The molecule has 0 unspecified atom stereocenters. The fraction of sp³-hybridized carbons (Fsp3) is 0.421. The van der Waals surface area contributed by atoms with Crippen LogP contribution in [0.1, 0.15) is 97.3 Å². The van der Waals surface area contributed by atoms with Crippen LogP contribution in [0, 0.1) is 0 Å². The summed E-state index contributed by atoms with van der Waals surface area (Å²) in [4.78, 5) is 31.6. The molecule has 1 aliphatic carbocycles. The van der Waals surface area contributed by atoms with Crippen molar-refractivity contribution in [3.05, 3.63) is 94.3 Å². The van der Waals surface area contributed by atoms with E-state index in [4.69, 9.17) is 14.5 Å². The number of hydrogen-bond donors (Lipinski definition) is 1. The van der Waals surface area contributed by atoms with Gasteiger partial charge in [0.2, 0.25) is 0 Å². The average molecular weight is 637 g/mol. The molecule has 0 spiro atoms. The summed E-state index contributed by atoms with van der Waals surface area (Å²) in [7, 11) is 0. The fourth-order valence-electron chi connectivity index (χ4n) is 7.16. The fourth-order valence-corrected chi connectivity index (χ4v) is 7.16. The number of aromatic nitrogens is 3. The second-order valence-corrected chi connectivity index (χ2v) is 12.4. The van der Waals surface area contributed by atoms with Crippen molar-refractivity contribution in [2.24, 2.45) is 0 Å². The summed E-state index contributed by atoms with van der Waals surface area (Å²) in [6, 6.07) is 18.7. The van der Waals surface area contributed by atoms with Gasteiger partial charge in [0.15, 0.2) is 5.82 Å². The van der Waals surface area contributed by atoms with E-state index in [1.807, 2.05) is 25.1 Å². The van der Waals surface area contributed by atoms with Gasteiger partial charge in [0.25, 0.3) is 5.91 Å². The Morgan fingerprint density at radius 3 is 2.51 bits per heavy atom. The average Bonchev–Trinajstić information content (AvgIpc) is 3.72. The summed E-state index contributed by atoms with van der Waals surface area (Å²) in [6.45, 7) is 9.14. The van der Waals surface area contributed by atoms with Gasteiger partial charge in [0, 0.05) is 24.2 Å². The van der Waals surface area contributed by atoms with E-state index in [1.54, 1.807) is 22.7 Å². The van der Waals surface area contributed by atoms with Crippen LogP contribution in [-0.2, 0) is 28.8 Å². The molecule has 0 bridgehead atoms. The van der Waals surface area contributed by atoms with Gasteiger partial charge < -0.3 is 19.5 Å². The maximum Gasteiger partial charge on any atom is 0.341 e. The molecule has 3 heterocycles. The second-order valence-electron chi connectivity index (χ2n) is 12.4. The number of amides is 1. The number of rotatable bonds is 10. The van der Waals surface area contributed by atoms with Gasteiger partial charge in [0.1, 0.15) is 23.5 Å². The lowest BCUT2D eigenvalue weighted by atomic mass is 9.85. The van der Waals surface area contributed by atoms with Crippen molar-refractivity contribution in [2.75, 3.05) is 19.7 Å². The minimum atomic E-state index is -0.952. The molecule has 9 heteroatoms. The van der Waals surface area contributed by atoms with Crippen LogP contribution in [0.3, 0.4) is 0 Å². The third kappa shape index (κ3) is 6.54. The highest BCUT2D eigenvalue weighted by molar-refractivity contribution is 5.90. The van der Waals surface area contributed by atoms with E-state index in [2.05, 4.69) is 48.4 Å². The highest BCUT2D eigenvalue weighted by Gasteiger charge is 2.30. The Labute approximate surface area is 276 Å². The number of ether oxygens (including phenoxy) is 2. The van der Waals surface area contributed by atoms with Crippen molar-refractivity contribution in [3.63, 3.8) is 0 Å². The Morgan fingerprint density at radius 1 is 1.00 bits per heavy atom. The van der Waals surface area contributed by atoms with Gasteiger partial charge in [-0.2, -0.15) is 5.10 Å². The molecule has 2 aromatic heterocycles. The van der Waals surface area contributed by atoms with E-state index in [9.17, 15) is 14.7 Å². The molecule has 246 valence electrons. The Morgan fingerprint density at radius 2 is 1.79 bits per heavy atom. The summed E-state index contributed by atoms with van der Waals surface area (Å²) < 4.78 is 13.7. The molecule has 1 fully saturated rings. The molecule has 4 aromatic rings. The van der Waals surface area contributed by atoms with Gasteiger partial charge in [-0.05, 0) is 99.2 Å². The lowest BCUT2D eigenvalue weighted by Crippen LogP contribution is -2.42. The molecule has 47 heavy (non-hydrogen) atoms. The number of aliphatic hydroxyl groups is 1. The highest BCUT2D eigenvalue weighted by atomic mass is 16.5. The third-order valence-corrected chi connectivity index (χ3v) is 9.50. The molecule has 1 amide bonds. The van der Waals surface area contributed by atoms with Crippen molar-refractivity contribution in [1.82, 2.24) is 19.7 Å². The highest BCUT2D eigenvalue weighted by Crippen LogP contribution is 2.42. The number of hydrogen-bond acceptors (Lipinski definition) is 7. The number of aryl methyl sites for hydroxylation is 2. The number of aliphatic hydroxyl groups excluding tert-OH is 1. The van der Waals surface area contributed by atoms with Gasteiger partial charge in [-0.25, -0.2) is 14.5 Å². The minimum absolute atomic E-state index is 0.108. The largest absolute Gasteiger partial charge is 0.486 e. The minimum Gasteiger partial charge on any atom is -0.486 e. The lowest BCUT2D eigenvalue weighted by molar-refractivity contribution is -0.140. The molecule has 2 atom stereocenters. The van der Waals surface area contributed by atoms with E-state index in [0.29, 0.717) is 43.4 Å². The lowest BCUT2D eigenvalue weighted by Gasteiger charge is -2.33. The molecular formula is C38H44N4O5. The van der Waals surface area contributed by atoms with Crippen LogP contribution in [-0.4, -0.2) is 62.4 Å². The van der Waals surface area contributed by atoms with Crippen LogP contribution >= 0.6 is 0 Å². The van der Waals surface area contributed by atoms with Crippen LogP contribution in [0.2, 0.25) is 0 Å². The van der Waals surface area contributed by atoms with Gasteiger partial charge in [-0.3, -0.25) is 4.79 Å². The first-order valence-corrected chi connectivity index (χ1v) is 16.9. The van der Waals surface area contributed by atoms with E-state index < -0.39 is 6.10 Å². The Kier molecular flexibility index (Phi) is 9.73. The van der Waals surface area contributed by atoms with Gasteiger partial charge in [0.05, 0.1) is 24.2 Å². The maximum atomic E-state index is 12.5. The smallest absolute Gasteiger partial charge is 0.341 e. The molecule has 1 aliphatic heterocycles. The molecule has 6 rings (SSSR count). The first-order valence-electron chi connectivity index (χ1n) is 16.9. The van der Waals surface area contributed by atoms with Crippen molar-refractivity contribution in [2.45, 2.75) is 84.3 Å². The Balaban J connectivity index is 1.24. The number of nitrogens with zero attached hydrogens (tertiary/aromatic N) is 4. The van der Waals surface area contributed by atoms with E-state index in [-0.39, 0.29) is 18.0 Å². The van der Waals surface area contributed by atoms with E-state index in [1.165, 1.54) is 23.6 Å². The van der Waals surface area contributed by atoms with Crippen LogP contribution in [0.25, 0.3) is 17.1 Å². The number of benzene rings is 2. The first kappa shape index (κ1) is 32.4. The first-order chi connectivity index (χ1) is 22.8. The third-order valence-electron chi connectivity index (χ3n) is 9.50. The summed E-state index contributed by atoms with van der Waals surface area (Å²) in [5.41, 5.74) is 8.13. The number of carbonyl (C=O) groups excluding carboxylic acids is 2. The van der Waals surface area contributed by atoms with Crippen LogP contribution in [0.5, 0.6) is 5.75 Å². The predicted octanol–water partition coefficient (Wildman–Crippen LogP) is 6.39. The molecule has 2 aliphatic rings. The molecule has 0 saturated carbocycles. The number of carbonyl (C=O) groups is 2. The number of esters is 1. The summed E-state index contributed by atoms with van der Waals surface area (Å²) in [5, 5.41) is 14.2. The SMILES string of the molecule is CCOC(=O)c1cnn(-c2cccc(-c3cccc4c3[C@@H](Oc3ccc(C5CCN(C(=O)[C@H](C)O)CC5)c(CC)c3)CC4)n2)c1CC. The standard InChI is InChI=1S/C38H44N4O5/c1-5-25-22-28(15-16-29(25)26-18-20-41(21-19-26)37(44)24(4)43)47-34-17-14-27-10-8-11-30(36(27)34)32-12-9-13-35(40-32)42-33(6-2)31(23-39-42)38(45)46-7-3/h8-13,15-16,22-24,26,34,43H,5-7,14,17-21H2,1-4H3/t24-,34-/m0/s1. The van der Waals surface area contributed by atoms with Crippen LogP contribution in [0.15, 0.2) is 60.8 Å². The molecule has 2 aromatic carbocycles. The van der Waals surface area contributed by atoms with Crippen molar-refractivity contribution in [1.29, 1.82) is 0 Å². The Hall–Kier alpha value is -4.50. The van der Waals surface area contributed by atoms with E-state index in [0.717, 1.165) is 60.4 Å². The topological polar surface area (TPSA) is 107 Å². The quantitative estimate of drug-likeness (QED) is 0.201. The zero-order valence-electron chi connectivity index (χ0n) is 27.7. The van der Waals surface area contributed by atoms with Crippen molar-refractivity contribution in [3.8, 4) is 22.8 Å².